The number of rotatable bonds is 8. The second-order valence-corrected chi connectivity index (χ2v) is 9.08. The van der Waals surface area contributed by atoms with Gasteiger partial charge in [-0.25, -0.2) is 14.8 Å². The maximum atomic E-state index is 12.1. The van der Waals surface area contributed by atoms with Crippen LogP contribution in [-0.2, 0) is 16.7 Å². The minimum Gasteiger partial charge on any atom is -0.444 e. The molecular weight excluding hydrogens is 370 g/mol. The largest absolute Gasteiger partial charge is 0.444 e. The van der Waals surface area contributed by atoms with E-state index in [1.807, 2.05) is 27.7 Å². The zero-order chi connectivity index (χ0) is 22.1. The van der Waals surface area contributed by atoms with Crippen molar-refractivity contribution in [2.75, 3.05) is 13.1 Å². The Bertz CT molecular complexity index is 656. The van der Waals surface area contributed by atoms with Crippen LogP contribution in [0.2, 0.25) is 0 Å². The second kappa shape index (κ2) is 11.1. The average molecular weight is 410 g/mol. The number of oxazole rings is 1. The van der Waals surface area contributed by atoms with E-state index in [1.165, 1.54) is 0 Å². The number of aliphatic imine (C=N–C) groups is 1. The van der Waals surface area contributed by atoms with E-state index in [-0.39, 0.29) is 11.5 Å². The highest BCUT2D eigenvalue weighted by Crippen LogP contribution is 2.22. The summed E-state index contributed by atoms with van der Waals surface area (Å²) in [5, 5.41) is 9.41. The third kappa shape index (κ3) is 10.2. The predicted molar refractivity (Wildman–Crippen MR) is 116 cm³/mol. The number of ether oxygens (including phenoxy) is 1. The van der Waals surface area contributed by atoms with E-state index in [0.717, 1.165) is 25.1 Å². The molecule has 8 nitrogen and oxygen atoms in total. The molecule has 0 aliphatic rings. The lowest BCUT2D eigenvalue weighted by atomic mass is 9.94. The summed E-state index contributed by atoms with van der Waals surface area (Å²) in [6.45, 7) is 17.5. The summed E-state index contributed by atoms with van der Waals surface area (Å²) in [5.41, 5.74) is -0.606. The highest BCUT2D eigenvalue weighted by Gasteiger charge is 2.20. The van der Waals surface area contributed by atoms with Crippen LogP contribution in [0.5, 0.6) is 0 Å². The maximum absolute atomic E-state index is 12.1. The van der Waals surface area contributed by atoms with Gasteiger partial charge in [0.15, 0.2) is 5.96 Å². The van der Waals surface area contributed by atoms with Gasteiger partial charge < -0.3 is 25.1 Å². The van der Waals surface area contributed by atoms with Crippen molar-refractivity contribution < 1.29 is 13.9 Å². The number of carbonyl (C=O) groups is 1. The molecule has 1 amide bonds. The van der Waals surface area contributed by atoms with Crippen LogP contribution < -0.4 is 16.0 Å². The van der Waals surface area contributed by atoms with Gasteiger partial charge in [-0.15, -0.1) is 0 Å². The number of nitrogens with one attached hydrogen (secondary N) is 3. The van der Waals surface area contributed by atoms with Gasteiger partial charge >= 0.3 is 6.09 Å². The minimum atomic E-state index is -0.521. The third-order valence-electron chi connectivity index (χ3n) is 3.88. The van der Waals surface area contributed by atoms with E-state index in [4.69, 9.17) is 9.15 Å². The van der Waals surface area contributed by atoms with Crippen molar-refractivity contribution >= 4 is 12.1 Å². The molecule has 0 aromatic carbocycles. The molecule has 0 saturated carbocycles. The Morgan fingerprint density at radius 3 is 2.41 bits per heavy atom. The van der Waals surface area contributed by atoms with E-state index >= 15 is 0 Å². The number of hydrogen-bond donors (Lipinski definition) is 3. The molecule has 1 atom stereocenters. The van der Waals surface area contributed by atoms with Crippen molar-refractivity contribution in [3.05, 3.63) is 17.8 Å². The molecule has 0 spiro atoms. The first-order valence-electron chi connectivity index (χ1n) is 10.4. The number of carbonyl (C=O) groups excluding carboxylic acids is 1. The number of hydrogen-bond acceptors (Lipinski definition) is 5. The third-order valence-corrected chi connectivity index (χ3v) is 3.88. The van der Waals surface area contributed by atoms with Crippen LogP contribution in [0.25, 0.3) is 0 Å². The monoisotopic (exact) mass is 409 g/mol. The van der Waals surface area contributed by atoms with Crippen molar-refractivity contribution in [3.8, 4) is 0 Å². The highest BCUT2D eigenvalue weighted by atomic mass is 16.6. The fourth-order valence-corrected chi connectivity index (χ4v) is 2.49. The van der Waals surface area contributed by atoms with Crippen molar-refractivity contribution in [2.45, 2.75) is 91.8 Å². The second-order valence-electron chi connectivity index (χ2n) is 9.08. The number of alkyl carbamates (subject to hydrolysis) is 1. The van der Waals surface area contributed by atoms with Gasteiger partial charge in [0, 0.05) is 24.5 Å². The van der Waals surface area contributed by atoms with E-state index in [2.05, 4.69) is 53.6 Å². The molecule has 3 N–H and O–H groups in total. The average Bonchev–Trinajstić information content (AvgIpc) is 3.05. The van der Waals surface area contributed by atoms with Crippen molar-refractivity contribution in [1.82, 2.24) is 20.9 Å². The molecule has 0 aliphatic heterocycles. The Balaban J connectivity index is 2.68. The van der Waals surface area contributed by atoms with E-state index in [1.54, 1.807) is 6.20 Å². The van der Waals surface area contributed by atoms with Crippen molar-refractivity contribution in [3.63, 3.8) is 0 Å². The Morgan fingerprint density at radius 1 is 1.21 bits per heavy atom. The lowest BCUT2D eigenvalue weighted by Crippen LogP contribution is -2.48. The van der Waals surface area contributed by atoms with Gasteiger partial charge in [0.25, 0.3) is 0 Å². The van der Waals surface area contributed by atoms with Crippen LogP contribution >= 0.6 is 0 Å². The lowest BCUT2D eigenvalue weighted by molar-refractivity contribution is 0.0502. The first-order chi connectivity index (χ1) is 13.4. The Kier molecular flexibility index (Phi) is 9.46. The Labute approximate surface area is 175 Å². The van der Waals surface area contributed by atoms with E-state index < -0.39 is 11.7 Å². The van der Waals surface area contributed by atoms with Gasteiger partial charge in [-0.05, 0) is 34.1 Å². The predicted octanol–water partition coefficient (Wildman–Crippen LogP) is 3.72. The summed E-state index contributed by atoms with van der Waals surface area (Å²) in [5.74, 6) is 2.06. The summed E-state index contributed by atoms with van der Waals surface area (Å²) < 4.78 is 11.2. The smallest absolute Gasteiger partial charge is 0.407 e. The van der Waals surface area contributed by atoms with Crippen LogP contribution in [0.1, 0.15) is 79.9 Å². The molecule has 1 rings (SSSR count). The first-order valence-corrected chi connectivity index (χ1v) is 10.4. The number of guanidine groups is 1. The van der Waals surface area contributed by atoms with Crippen LogP contribution in [0.3, 0.4) is 0 Å². The fourth-order valence-electron chi connectivity index (χ4n) is 2.49. The molecule has 1 aromatic rings. The normalized spacial score (nSPS) is 13.7. The SMILES string of the molecule is CCCC(CNC(=NCc1ncc(C(C)(C)C)o1)NCC)NC(=O)OC(C)(C)C. The summed E-state index contributed by atoms with van der Waals surface area (Å²) in [7, 11) is 0. The lowest BCUT2D eigenvalue weighted by Gasteiger charge is -2.24. The summed E-state index contributed by atoms with van der Waals surface area (Å²) in [6.07, 6.45) is 3.13. The van der Waals surface area contributed by atoms with Crippen LogP contribution in [0, 0.1) is 0 Å². The molecule has 166 valence electrons. The van der Waals surface area contributed by atoms with Gasteiger partial charge in [-0.3, -0.25) is 0 Å². The van der Waals surface area contributed by atoms with Gasteiger partial charge in [0.1, 0.15) is 17.9 Å². The number of amides is 1. The van der Waals surface area contributed by atoms with E-state index in [0.29, 0.717) is 24.9 Å². The van der Waals surface area contributed by atoms with Gasteiger partial charge in [0.05, 0.1) is 6.20 Å². The minimum absolute atomic E-state index is 0.0621. The molecule has 1 unspecified atom stereocenters. The maximum Gasteiger partial charge on any atom is 0.407 e. The molecule has 0 saturated heterocycles. The highest BCUT2D eigenvalue weighted by molar-refractivity contribution is 5.79. The van der Waals surface area contributed by atoms with Gasteiger partial charge in [-0.2, -0.15) is 0 Å². The molecule has 1 heterocycles. The zero-order valence-corrected chi connectivity index (χ0v) is 19.3. The molecule has 0 bridgehead atoms. The molecule has 1 aromatic heterocycles. The van der Waals surface area contributed by atoms with Crippen LogP contribution in [-0.4, -0.2) is 41.8 Å². The Morgan fingerprint density at radius 2 is 1.90 bits per heavy atom. The molecule has 0 aliphatic carbocycles. The number of nitrogens with zero attached hydrogens (tertiary/aromatic N) is 2. The summed E-state index contributed by atoms with van der Waals surface area (Å²) >= 11 is 0. The Hall–Kier alpha value is -2.25. The van der Waals surface area contributed by atoms with Crippen LogP contribution in [0.4, 0.5) is 4.79 Å². The van der Waals surface area contributed by atoms with Crippen molar-refractivity contribution in [2.24, 2.45) is 4.99 Å². The molecule has 8 heteroatoms. The standard InChI is InChI=1S/C21H39N5O3/c1-9-11-15(26-19(27)29-21(6,7)8)12-24-18(22-10-2)25-14-17-23-13-16(28-17)20(3,4)5/h13,15H,9-12,14H2,1-8H3,(H,26,27)(H2,22,24,25). The fraction of sp³-hybridized carbons (Fsp3) is 0.762. The first kappa shape index (κ1) is 24.8. The quantitative estimate of drug-likeness (QED) is 0.447. The molecule has 0 radical (unpaired) electrons. The summed E-state index contributed by atoms with van der Waals surface area (Å²) in [6, 6.07) is -0.0621. The number of aromatic nitrogens is 1. The zero-order valence-electron chi connectivity index (χ0n) is 19.3. The van der Waals surface area contributed by atoms with E-state index in [9.17, 15) is 4.79 Å². The van der Waals surface area contributed by atoms with Gasteiger partial charge in [0.2, 0.25) is 5.89 Å². The molecule has 29 heavy (non-hydrogen) atoms. The molecular formula is C21H39N5O3. The van der Waals surface area contributed by atoms with Crippen LogP contribution in [0.15, 0.2) is 15.6 Å². The molecule has 0 fully saturated rings. The van der Waals surface area contributed by atoms with Crippen molar-refractivity contribution in [1.29, 1.82) is 0 Å². The topological polar surface area (TPSA) is 101 Å². The van der Waals surface area contributed by atoms with Gasteiger partial charge in [-0.1, -0.05) is 34.1 Å². The summed E-state index contributed by atoms with van der Waals surface area (Å²) in [4.78, 5) is 20.9.